The van der Waals surface area contributed by atoms with Gasteiger partial charge in [0, 0.05) is 6.07 Å². The molecule has 5 N–H and O–H groups in total. The van der Waals surface area contributed by atoms with E-state index in [0.29, 0.717) is 10.8 Å². The summed E-state index contributed by atoms with van der Waals surface area (Å²) >= 11 is 3.05. The average molecular weight is 290 g/mol. The van der Waals surface area contributed by atoms with Crippen molar-refractivity contribution in [2.45, 2.75) is 9.37 Å². The van der Waals surface area contributed by atoms with Gasteiger partial charge in [0.05, 0.1) is 10.2 Å². The van der Waals surface area contributed by atoms with Crippen LogP contribution in [0.1, 0.15) is 0 Å². The normalized spacial score (nSPS) is 10.8. The van der Waals surface area contributed by atoms with Gasteiger partial charge in [-0.25, -0.2) is 15.8 Å². The first-order valence-electron chi connectivity index (χ1n) is 5.39. The maximum absolute atomic E-state index is 5.62. The van der Waals surface area contributed by atoms with Gasteiger partial charge in [0.1, 0.15) is 10.8 Å². The van der Waals surface area contributed by atoms with Gasteiger partial charge < -0.3 is 11.2 Å². The van der Waals surface area contributed by atoms with Crippen LogP contribution in [-0.4, -0.2) is 15.0 Å². The smallest absolute Gasteiger partial charge is 0.223 e. The predicted molar refractivity (Wildman–Crippen MR) is 78.0 cm³/mol. The Balaban J connectivity index is 1.94. The molecule has 0 aliphatic carbocycles. The molecule has 3 rings (SSSR count). The van der Waals surface area contributed by atoms with E-state index in [2.05, 4.69) is 20.4 Å². The monoisotopic (exact) mass is 290 g/mol. The molecule has 0 saturated heterocycles. The highest BCUT2D eigenvalue weighted by atomic mass is 32.2. The maximum Gasteiger partial charge on any atom is 0.223 e. The molecule has 19 heavy (non-hydrogen) atoms. The van der Waals surface area contributed by atoms with Crippen molar-refractivity contribution < 1.29 is 0 Å². The third-order valence-electron chi connectivity index (χ3n) is 2.33. The van der Waals surface area contributed by atoms with Crippen LogP contribution in [0, 0.1) is 0 Å². The van der Waals surface area contributed by atoms with E-state index >= 15 is 0 Å². The number of fused-ring (bicyclic) bond motifs is 1. The number of hydrogen-bond acceptors (Lipinski definition) is 8. The van der Waals surface area contributed by atoms with E-state index in [1.807, 2.05) is 24.3 Å². The summed E-state index contributed by atoms with van der Waals surface area (Å²) in [4.78, 5) is 12.6. The van der Waals surface area contributed by atoms with Gasteiger partial charge in [-0.3, -0.25) is 0 Å². The lowest BCUT2D eigenvalue weighted by molar-refractivity contribution is 1.05. The van der Waals surface area contributed by atoms with Crippen molar-refractivity contribution in [3.05, 3.63) is 30.3 Å². The van der Waals surface area contributed by atoms with Crippen molar-refractivity contribution in [3.8, 4) is 0 Å². The van der Waals surface area contributed by atoms with Gasteiger partial charge in [0.15, 0.2) is 4.34 Å². The van der Waals surface area contributed by atoms with E-state index < -0.39 is 0 Å². The lowest BCUT2D eigenvalue weighted by atomic mass is 10.3. The van der Waals surface area contributed by atoms with Crippen LogP contribution < -0.4 is 17.0 Å². The van der Waals surface area contributed by atoms with Crippen molar-refractivity contribution in [1.82, 2.24) is 15.0 Å². The summed E-state index contributed by atoms with van der Waals surface area (Å²) in [7, 11) is 0. The van der Waals surface area contributed by atoms with Crippen LogP contribution in [0.2, 0.25) is 0 Å². The predicted octanol–water partition coefficient (Wildman–Crippen LogP) is 2.11. The second-order valence-corrected chi connectivity index (χ2v) is 5.94. The minimum atomic E-state index is 0.180. The first-order chi connectivity index (χ1) is 9.24. The fourth-order valence-corrected chi connectivity index (χ4v) is 3.57. The van der Waals surface area contributed by atoms with Gasteiger partial charge in [-0.2, -0.15) is 4.98 Å². The van der Waals surface area contributed by atoms with Gasteiger partial charge >= 0.3 is 0 Å². The molecule has 2 heterocycles. The number of nitrogens with two attached hydrogens (primary N) is 2. The number of benzene rings is 1. The molecule has 0 atom stereocenters. The third-order valence-corrected chi connectivity index (χ3v) is 4.35. The number of para-hydroxylation sites is 1. The second kappa shape index (κ2) is 5.00. The molecule has 0 unspecified atom stereocenters. The van der Waals surface area contributed by atoms with Crippen molar-refractivity contribution in [1.29, 1.82) is 0 Å². The van der Waals surface area contributed by atoms with Gasteiger partial charge in [-0.1, -0.05) is 12.1 Å². The molecule has 0 spiro atoms. The summed E-state index contributed by atoms with van der Waals surface area (Å²) in [6.45, 7) is 0. The van der Waals surface area contributed by atoms with Crippen LogP contribution in [0.25, 0.3) is 10.2 Å². The highest BCUT2D eigenvalue weighted by molar-refractivity contribution is 8.01. The Labute approximate surface area is 117 Å². The van der Waals surface area contributed by atoms with E-state index in [9.17, 15) is 0 Å². The number of anilines is 2. The Morgan fingerprint density at radius 3 is 2.79 bits per heavy atom. The van der Waals surface area contributed by atoms with E-state index in [1.54, 1.807) is 17.4 Å². The summed E-state index contributed by atoms with van der Waals surface area (Å²) in [6.07, 6.45) is 0. The number of nitrogen functional groups attached to an aromatic ring is 2. The molecular formula is C11H10N6S2. The third kappa shape index (κ3) is 2.60. The standard InChI is InChI=1S/C11H10N6S2/c12-10-15-8(17-13)5-9(16-10)19-11-14-6-3-1-2-4-7(6)18-11/h1-5H,13H2,(H3,12,15,16,17). The van der Waals surface area contributed by atoms with E-state index in [-0.39, 0.29) is 5.95 Å². The number of rotatable bonds is 3. The van der Waals surface area contributed by atoms with E-state index in [4.69, 9.17) is 11.6 Å². The second-order valence-electron chi connectivity index (χ2n) is 3.64. The minimum Gasteiger partial charge on any atom is -0.368 e. The zero-order valence-electron chi connectivity index (χ0n) is 9.70. The Kier molecular flexibility index (Phi) is 3.20. The van der Waals surface area contributed by atoms with Gasteiger partial charge in [-0.05, 0) is 23.9 Å². The number of nitrogens with zero attached hydrogens (tertiary/aromatic N) is 3. The Hall–Kier alpha value is -1.90. The average Bonchev–Trinajstić information content (AvgIpc) is 2.80. The van der Waals surface area contributed by atoms with E-state index in [0.717, 1.165) is 14.6 Å². The van der Waals surface area contributed by atoms with Crippen LogP contribution in [0.4, 0.5) is 11.8 Å². The molecule has 0 radical (unpaired) electrons. The number of aromatic nitrogens is 3. The molecule has 96 valence electrons. The van der Waals surface area contributed by atoms with Gasteiger partial charge in [0.25, 0.3) is 0 Å². The van der Waals surface area contributed by atoms with Crippen molar-refractivity contribution in [2.75, 3.05) is 11.2 Å². The molecule has 8 heteroatoms. The topological polar surface area (TPSA) is 103 Å². The Morgan fingerprint density at radius 1 is 1.16 bits per heavy atom. The summed E-state index contributed by atoms with van der Waals surface area (Å²) in [5, 5.41) is 0.708. The molecule has 0 amide bonds. The molecule has 1 aromatic carbocycles. The number of hydrazine groups is 1. The van der Waals surface area contributed by atoms with Crippen LogP contribution in [0.5, 0.6) is 0 Å². The van der Waals surface area contributed by atoms with Crippen LogP contribution in [0.3, 0.4) is 0 Å². The highest BCUT2D eigenvalue weighted by Crippen LogP contribution is 2.34. The van der Waals surface area contributed by atoms with E-state index in [1.165, 1.54) is 11.8 Å². The van der Waals surface area contributed by atoms with Crippen molar-refractivity contribution in [3.63, 3.8) is 0 Å². The molecule has 0 bridgehead atoms. The van der Waals surface area contributed by atoms with Crippen LogP contribution in [-0.2, 0) is 0 Å². The van der Waals surface area contributed by atoms with Crippen LogP contribution in [0.15, 0.2) is 39.7 Å². The highest BCUT2D eigenvalue weighted by Gasteiger charge is 2.08. The number of thiazole rings is 1. The number of nitrogens with one attached hydrogen (secondary N) is 1. The Morgan fingerprint density at radius 2 is 2.00 bits per heavy atom. The maximum atomic E-state index is 5.62. The lowest BCUT2D eigenvalue weighted by Gasteiger charge is -2.02. The summed E-state index contributed by atoms with van der Waals surface area (Å²) in [5.74, 6) is 5.99. The molecule has 6 nitrogen and oxygen atoms in total. The molecule has 0 saturated carbocycles. The summed E-state index contributed by atoms with van der Waals surface area (Å²) < 4.78 is 2.05. The van der Waals surface area contributed by atoms with Crippen molar-refractivity contribution in [2.24, 2.45) is 5.84 Å². The van der Waals surface area contributed by atoms with Crippen LogP contribution >= 0.6 is 23.1 Å². The minimum absolute atomic E-state index is 0.180. The quantitative estimate of drug-likeness (QED) is 0.385. The first-order valence-corrected chi connectivity index (χ1v) is 7.02. The number of hydrogen-bond donors (Lipinski definition) is 3. The fraction of sp³-hybridized carbons (Fsp3) is 0. The van der Waals surface area contributed by atoms with Crippen molar-refractivity contribution >= 4 is 45.1 Å². The molecule has 2 aromatic heterocycles. The zero-order chi connectivity index (χ0) is 13.2. The SMILES string of the molecule is NNc1cc(Sc2nc3ccccc3s2)nc(N)n1. The molecule has 0 aliphatic rings. The summed E-state index contributed by atoms with van der Waals surface area (Å²) in [6, 6.07) is 9.71. The van der Waals surface area contributed by atoms with Gasteiger partial charge in [0.2, 0.25) is 5.95 Å². The molecule has 0 fully saturated rings. The lowest BCUT2D eigenvalue weighted by Crippen LogP contribution is -2.10. The Bertz CT molecular complexity index is 693. The first kappa shape index (κ1) is 12.2. The molecular weight excluding hydrogens is 280 g/mol. The summed E-state index contributed by atoms with van der Waals surface area (Å²) in [5.41, 5.74) is 9.06. The van der Waals surface area contributed by atoms with Gasteiger partial charge in [-0.15, -0.1) is 11.3 Å². The zero-order valence-corrected chi connectivity index (χ0v) is 11.3. The largest absolute Gasteiger partial charge is 0.368 e. The molecule has 0 aliphatic heterocycles. The molecule has 3 aromatic rings. The fourth-order valence-electron chi connectivity index (χ4n) is 1.55.